The van der Waals surface area contributed by atoms with Crippen LogP contribution in [0.5, 0.6) is 0 Å². The fourth-order valence-corrected chi connectivity index (χ4v) is 6.98. The highest BCUT2D eigenvalue weighted by Gasteiger charge is 2.18. The fourth-order valence-electron chi connectivity index (χ4n) is 6.98. The van der Waals surface area contributed by atoms with Gasteiger partial charge in [0.05, 0.1) is 11.0 Å². The lowest BCUT2D eigenvalue weighted by atomic mass is 9.90. The molecule has 1 heterocycles. The molecule has 0 aliphatic heterocycles. The Labute approximate surface area is 237 Å². The van der Waals surface area contributed by atoms with Gasteiger partial charge in [-0.25, -0.2) is 0 Å². The van der Waals surface area contributed by atoms with Gasteiger partial charge in [0.15, 0.2) is 0 Å². The summed E-state index contributed by atoms with van der Waals surface area (Å²) in [5.41, 5.74) is 6.18. The van der Waals surface area contributed by atoms with Gasteiger partial charge >= 0.3 is 0 Å². The molecule has 0 fully saturated rings. The number of nitrogens with zero attached hydrogens (tertiary/aromatic N) is 1. The lowest BCUT2D eigenvalue weighted by molar-refractivity contribution is 1.19. The van der Waals surface area contributed by atoms with E-state index < -0.39 is 0 Å². The number of benzene rings is 8. The summed E-state index contributed by atoms with van der Waals surface area (Å²) in [6.07, 6.45) is 0. The molecule has 190 valence electrons. The summed E-state index contributed by atoms with van der Waals surface area (Å²) in [6, 6.07) is 55.5. The Balaban J connectivity index is 1.42. The van der Waals surface area contributed by atoms with Crippen LogP contribution in [-0.2, 0) is 0 Å². The first-order chi connectivity index (χ1) is 20.4. The minimum atomic E-state index is 1.18. The average Bonchev–Trinajstić information content (AvgIpc) is 3.39. The van der Waals surface area contributed by atoms with Gasteiger partial charge in [-0.1, -0.05) is 121 Å². The molecule has 0 radical (unpaired) electrons. The molecular weight excluding hydrogens is 494 g/mol. The highest BCUT2D eigenvalue weighted by molar-refractivity contribution is 6.27. The van der Waals surface area contributed by atoms with Gasteiger partial charge in [0.2, 0.25) is 0 Å². The van der Waals surface area contributed by atoms with E-state index in [1.165, 1.54) is 81.7 Å². The molecule has 0 unspecified atom stereocenters. The average molecular weight is 520 g/mol. The smallest absolute Gasteiger partial charge is 0.0619 e. The Bertz CT molecular complexity index is 2430. The number of aromatic nitrogens is 1. The third-order valence-corrected chi connectivity index (χ3v) is 8.74. The molecule has 1 aromatic heterocycles. The first kappa shape index (κ1) is 22.4. The van der Waals surface area contributed by atoms with Crippen molar-refractivity contribution in [1.29, 1.82) is 0 Å². The van der Waals surface area contributed by atoms with E-state index in [2.05, 4.69) is 156 Å². The van der Waals surface area contributed by atoms with Crippen molar-refractivity contribution in [2.75, 3.05) is 0 Å². The minimum Gasteiger partial charge on any atom is -0.309 e. The van der Waals surface area contributed by atoms with E-state index in [-0.39, 0.29) is 0 Å². The first-order valence-electron chi connectivity index (χ1n) is 14.2. The van der Waals surface area contributed by atoms with E-state index in [9.17, 15) is 0 Å². The molecular formula is C40H25N. The van der Waals surface area contributed by atoms with E-state index in [0.29, 0.717) is 0 Å². The number of hydrogen-bond donors (Lipinski definition) is 0. The molecule has 8 aromatic carbocycles. The van der Waals surface area contributed by atoms with E-state index in [0.717, 1.165) is 0 Å². The molecule has 1 nitrogen and oxygen atoms in total. The van der Waals surface area contributed by atoms with Gasteiger partial charge < -0.3 is 4.57 Å². The third kappa shape index (κ3) is 3.18. The van der Waals surface area contributed by atoms with E-state index in [4.69, 9.17) is 0 Å². The summed E-state index contributed by atoms with van der Waals surface area (Å²) in [6.45, 7) is 0. The maximum Gasteiger partial charge on any atom is 0.0619 e. The number of rotatable bonds is 2. The van der Waals surface area contributed by atoms with Crippen molar-refractivity contribution in [3.63, 3.8) is 0 Å². The van der Waals surface area contributed by atoms with Crippen LogP contribution in [0.25, 0.3) is 81.7 Å². The topological polar surface area (TPSA) is 4.93 Å². The van der Waals surface area contributed by atoms with Crippen LogP contribution in [-0.4, -0.2) is 4.57 Å². The van der Waals surface area contributed by atoms with E-state index in [1.807, 2.05) is 0 Å². The predicted octanol–water partition coefficient (Wildman–Crippen LogP) is 11.1. The van der Waals surface area contributed by atoms with Gasteiger partial charge in [-0.2, -0.15) is 0 Å². The summed E-state index contributed by atoms with van der Waals surface area (Å²) in [7, 11) is 0. The molecule has 0 amide bonds. The van der Waals surface area contributed by atoms with Crippen molar-refractivity contribution in [1.82, 2.24) is 4.57 Å². The zero-order valence-electron chi connectivity index (χ0n) is 22.4. The SMILES string of the molecule is c1ccc(-n2c3ccccc3c3cc(-c4ccc5c6ccccc6c6ccccc6c5c4)c4ccccc4c32)cc1. The second-order valence-electron chi connectivity index (χ2n) is 10.9. The maximum atomic E-state index is 2.43. The van der Waals surface area contributed by atoms with Crippen molar-refractivity contribution in [3.8, 4) is 16.8 Å². The zero-order valence-corrected chi connectivity index (χ0v) is 22.4. The summed E-state index contributed by atoms with van der Waals surface area (Å²) in [5.74, 6) is 0. The van der Waals surface area contributed by atoms with E-state index >= 15 is 0 Å². The Hall–Kier alpha value is -5.40. The Morgan fingerprint density at radius 1 is 0.317 bits per heavy atom. The molecule has 9 rings (SSSR count). The van der Waals surface area contributed by atoms with Gasteiger partial charge in [-0.05, 0) is 79.2 Å². The van der Waals surface area contributed by atoms with Gasteiger partial charge in [0.25, 0.3) is 0 Å². The van der Waals surface area contributed by atoms with Crippen molar-refractivity contribution in [3.05, 3.63) is 152 Å². The monoisotopic (exact) mass is 519 g/mol. The second-order valence-corrected chi connectivity index (χ2v) is 10.9. The molecule has 0 saturated carbocycles. The molecule has 0 N–H and O–H groups in total. The lowest BCUT2D eigenvalue weighted by Crippen LogP contribution is -1.94. The Kier molecular flexibility index (Phi) is 4.67. The molecule has 0 spiro atoms. The summed E-state index contributed by atoms with van der Waals surface area (Å²) < 4.78 is 2.43. The number of hydrogen-bond acceptors (Lipinski definition) is 0. The van der Waals surface area contributed by atoms with Crippen LogP contribution in [0.1, 0.15) is 0 Å². The largest absolute Gasteiger partial charge is 0.309 e. The van der Waals surface area contributed by atoms with E-state index in [1.54, 1.807) is 0 Å². The summed E-state index contributed by atoms with van der Waals surface area (Å²) >= 11 is 0. The quantitative estimate of drug-likeness (QED) is 0.200. The van der Waals surface area contributed by atoms with Crippen molar-refractivity contribution >= 4 is 64.9 Å². The molecule has 0 bridgehead atoms. The third-order valence-electron chi connectivity index (χ3n) is 8.74. The number of para-hydroxylation sites is 2. The minimum absolute atomic E-state index is 1.18. The van der Waals surface area contributed by atoms with Gasteiger partial charge in [-0.3, -0.25) is 0 Å². The standard InChI is InChI=1S/C40H25N/c1-2-12-27(13-3-1)41-39-21-11-10-19-34(39)38-25-36(32-18-8-9-20-35(32)40(38)41)26-22-23-33-30-16-5-4-14-28(30)29-15-6-7-17-31(29)37(33)24-26/h1-25H. The maximum absolute atomic E-state index is 2.43. The molecule has 0 saturated heterocycles. The highest BCUT2D eigenvalue weighted by Crippen LogP contribution is 2.43. The summed E-state index contributed by atoms with van der Waals surface area (Å²) in [5, 5.41) is 12.9. The van der Waals surface area contributed by atoms with Crippen LogP contribution in [0.3, 0.4) is 0 Å². The van der Waals surface area contributed by atoms with Crippen LogP contribution >= 0.6 is 0 Å². The second kappa shape index (κ2) is 8.55. The molecule has 41 heavy (non-hydrogen) atoms. The van der Waals surface area contributed by atoms with Crippen molar-refractivity contribution < 1.29 is 0 Å². The Morgan fingerprint density at radius 2 is 0.829 bits per heavy atom. The predicted molar refractivity (Wildman–Crippen MR) is 176 cm³/mol. The molecule has 0 atom stereocenters. The van der Waals surface area contributed by atoms with Gasteiger partial charge in [0.1, 0.15) is 0 Å². The lowest BCUT2D eigenvalue weighted by Gasteiger charge is -2.15. The molecule has 9 aromatic rings. The van der Waals surface area contributed by atoms with Crippen LogP contribution in [0.15, 0.2) is 152 Å². The Morgan fingerprint density at radius 3 is 1.51 bits per heavy atom. The van der Waals surface area contributed by atoms with Crippen LogP contribution in [0, 0.1) is 0 Å². The molecule has 0 aliphatic rings. The fraction of sp³-hybridized carbons (Fsp3) is 0. The summed E-state index contributed by atoms with van der Waals surface area (Å²) in [4.78, 5) is 0. The van der Waals surface area contributed by atoms with Crippen molar-refractivity contribution in [2.24, 2.45) is 0 Å². The molecule has 1 heteroatoms. The van der Waals surface area contributed by atoms with Crippen molar-refractivity contribution in [2.45, 2.75) is 0 Å². The number of fused-ring (bicyclic) bond motifs is 11. The van der Waals surface area contributed by atoms with Gasteiger partial charge in [-0.15, -0.1) is 0 Å². The van der Waals surface area contributed by atoms with Crippen LogP contribution < -0.4 is 0 Å². The molecule has 0 aliphatic carbocycles. The van der Waals surface area contributed by atoms with Gasteiger partial charge in [0, 0.05) is 21.8 Å². The zero-order chi connectivity index (χ0) is 26.9. The highest BCUT2D eigenvalue weighted by atomic mass is 15.0. The first-order valence-corrected chi connectivity index (χ1v) is 14.2. The van der Waals surface area contributed by atoms with Crippen LogP contribution in [0.4, 0.5) is 0 Å². The van der Waals surface area contributed by atoms with Crippen LogP contribution in [0.2, 0.25) is 0 Å². The normalized spacial score (nSPS) is 11.9.